The number of rotatable bonds is 3. The summed E-state index contributed by atoms with van der Waals surface area (Å²) in [6, 6.07) is 8.39. The van der Waals surface area contributed by atoms with Crippen LogP contribution in [-0.2, 0) is 9.59 Å². The quantitative estimate of drug-likeness (QED) is 0.897. The predicted octanol–water partition coefficient (Wildman–Crippen LogP) is 3.92. The van der Waals surface area contributed by atoms with Crippen molar-refractivity contribution in [2.24, 2.45) is 5.92 Å². The molecule has 1 saturated heterocycles. The van der Waals surface area contributed by atoms with Gasteiger partial charge in [-0.05, 0) is 36.8 Å². The molecule has 1 atom stereocenters. The lowest BCUT2D eigenvalue weighted by molar-refractivity contribution is -0.122. The van der Waals surface area contributed by atoms with Gasteiger partial charge in [0, 0.05) is 35.4 Å². The average molecular weight is 365 g/mol. The Morgan fingerprint density at radius 3 is 2.72 bits per heavy atom. The summed E-state index contributed by atoms with van der Waals surface area (Å²) in [5.74, 6) is -3.23. The molecule has 1 aliphatic rings. The lowest BCUT2D eigenvalue weighted by Gasteiger charge is -2.17. The number of hydrogen-bond acceptors (Lipinski definition) is 2. The summed E-state index contributed by atoms with van der Waals surface area (Å²) in [4.78, 5) is 25.9. The summed E-state index contributed by atoms with van der Waals surface area (Å²) >= 11 is 6.03. The van der Waals surface area contributed by atoms with Gasteiger partial charge in [-0.2, -0.15) is 0 Å². The van der Waals surface area contributed by atoms with Crippen LogP contribution in [0.4, 0.5) is 20.2 Å². The van der Waals surface area contributed by atoms with Crippen LogP contribution < -0.4 is 10.2 Å². The first-order valence-corrected chi connectivity index (χ1v) is 8.06. The van der Waals surface area contributed by atoms with Crippen molar-refractivity contribution in [2.75, 3.05) is 16.8 Å². The van der Waals surface area contributed by atoms with Gasteiger partial charge in [-0.1, -0.05) is 17.7 Å². The largest absolute Gasteiger partial charge is 0.325 e. The Morgan fingerprint density at radius 2 is 2.00 bits per heavy atom. The van der Waals surface area contributed by atoms with Gasteiger partial charge >= 0.3 is 0 Å². The van der Waals surface area contributed by atoms with Crippen LogP contribution >= 0.6 is 11.6 Å². The first-order valence-electron chi connectivity index (χ1n) is 7.68. The lowest BCUT2D eigenvalue weighted by Crippen LogP contribution is -2.28. The highest BCUT2D eigenvalue weighted by Gasteiger charge is 2.35. The second-order valence-electron chi connectivity index (χ2n) is 5.91. The maximum absolute atomic E-state index is 13.4. The Bertz CT molecular complexity index is 857. The highest BCUT2D eigenvalue weighted by atomic mass is 35.5. The second kappa shape index (κ2) is 6.80. The maximum atomic E-state index is 13.4. The van der Waals surface area contributed by atoms with E-state index >= 15 is 0 Å². The van der Waals surface area contributed by atoms with Gasteiger partial charge < -0.3 is 10.2 Å². The van der Waals surface area contributed by atoms with Crippen molar-refractivity contribution in [3.8, 4) is 0 Å². The van der Waals surface area contributed by atoms with Crippen LogP contribution in [0, 0.1) is 24.5 Å². The van der Waals surface area contributed by atoms with Crippen LogP contribution in [0.15, 0.2) is 36.4 Å². The van der Waals surface area contributed by atoms with E-state index in [2.05, 4.69) is 5.32 Å². The molecule has 2 aromatic rings. The number of nitrogens with zero attached hydrogens (tertiary/aromatic N) is 1. The molecule has 3 rings (SSSR count). The second-order valence-corrected chi connectivity index (χ2v) is 6.31. The van der Waals surface area contributed by atoms with E-state index in [1.807, 2.05) is 0 Å². The third-order valence-electron chi connectivity index (χ3n) is 4.24. The van der Waals surface area contributed by atoms with E-state index in [1.54, 1.807) is 25.1 Å². The first-order chi connectivity index (χ1) is 11.9. The molecular formula is C18H15ClF2N2O2. The molecule has 0 aromatic heterocycles. The molecule has 1 aliphatic heterocycles. The topological polar surface area (TPSA) is 49.4 Å². The molecule has 0 bridgehead atoms. The molecule has 1 heterocycles. The van der Waals surface area contributed by atoms with Gasteiger partial charge in [-0.25, -0.2) is 8.78 Å². The Morgan fingerprint density at radius 1 is 1.24 bits per heavy atom. The standard InChI is InChI=1S/C18H15ClF2N2O2/c1-10-13(19)3-2-4-16(10)22-18(25)11-7-17(24)23(9-11)12-5-6-14(20)15(21)8-12/h2-6,8,11H,7,9H2,1H3,(H,22,25). The maximum Gasteiger partial charge on any atom is 0.229 e. The van der Waals surface area contributed by atoms with E-state index in [0.29, 0.717) is 10.7 Å². The summed E-state index contributed by atoms with van der Waals surface area (Å²) in [5, 5.41) is 3.30. The molecule has 0 spiro atoms. The highest BCUT2D eigenvalue weighted by molar-refractivity contribution is 6.31. The zero-order chi connectivity index (χ0) is 18.1. The summed E-state index contributed by atoms with van der Waals surface area (Å²) < 4.78 is 26.4. The molecule has 25 heavy (non-hydrogen) atoms. The fourth-order valence-corrected chi connectivity index (χ4v) is 2.94. The monoisotopic (exact) mass is 364 g/mol. The molecule has 1 N–H and O–H groups in total. The summed E-state index contributed by atoms with van der Waals surface area (Å²) in [6.07, 6.45) is 0.00441. The van der Waals surface area contributed by atoms with Gasteiger partial charge in [-0.3, -0.25) is 9.59 Å². The number of nitrogens with one attached hydrogen (secondary N) is 1. The van der Waals surface area contributed by atoms with Gasteiger partial charge in [0.1, 0.15) is 0 Å². The highest BCUT2D eigenvalue weighted by Crippen LogP contribution is 2.28. The third-order valence-corrected chi connectivity index (χ3v) is 4.65. The molecular weight excluding hydrogens is 350 g/mol. The van der Waals surface area contributed by atoms with Crippen LogP contribution in [0.1, 0.15) is 12.0 Å². The van der Waals surface area contributed by atoms with Crippen molar-refractivity contribution in [3.63, 3.8) is 0 Å². The van der Waals surface area contributed by atoms with E-state index in [0.717, 1.165) is 17.7 Å². The van der Waals surface area contributed by atoms with E-state index in [4.69, 9.17) is 11.6 Å². The van der Waals surface area contributed by atoms with E-state index in [1.165, 1.54) is 11.0 Å². The smallest absolute Gasteiger partial charge is 0.229 e. The SMILES string of the molecule is Cc1c(Cl)cccc1NC(=O)C1CC(=O)N(c2ccc(F)c(F)c2)C1. The molecule has 130 valence electrons. The Labute approximate surface area is 148 Å². The first kappa shape index (κ1) is 17.4. The predicted molar refractivity (Wildman–Crippen MR) is 91.6 cm³/mol. The minimum absolute atomic E-state index is 0.00441. The average Bonchev–Trinajstić information content (AvgIpc) is 2.96. The van der Waals surface area contributed by atoms with Crippen LogP contribution in [0.3, 0.4) is 0 Å². The molecule has 0 radical (unpaired) electrons. The number of benzene rings is 2. The summed E-state index contributed by atoms with van der Waals surface area (Å²) in [7, 11) is 0. The fraction of sp³-hybridized carbons (Fsp3) is 0.222. The molecule has 1 fully saturated rings. The van der Waals surface area contributed by atoms with E-state index < -0.39 is 17.6 Å². The molecule has 2 aromatic carbocycles. The van der Waals surface area contributed by atoms with Crippen molar-refractivity contribution in [1.29, 1.82) is 0 Å². The van der Waals surface area contributed by atoms with Crippen molar-refractivity contribution in [2.45, 2.75) is 13.3 Å². The van der Waals surface area contributed by atoms with Gasteiger partial charge in [0.25, 0.3) is 0 Å². The molecule has 2 amide bonds. The third kappa shape index (κ3) is 3.49. The van der Waals surface area contributed by atoms with Crippen molar-refractivity contribution in [1.82, 2.24) is 0 Å². The number of carbonyl (C=O) groups is 2. The van der Waals surface area contributed by atoms with Gasteiger partial charge in [-0.15, -0.1) is 0 Å². The summed E-state index contributed by atoms with van der Waals surface area (Å²) in [5.41, 5.74) is 1.55. The van der Waals surface area contributed by atoms with Gasteiger partial charge in [0.15, 0.2) is 11.6 Å². The zero-order valence-electron chi connectivity index (χ0n) is 13.4. The van der Waals surface area contributed by atoms with E-state index in [-0.39, 0.29) is 30.5 Å². The van der Waals surface area contributed by atoms with Crippen LogP contribution in [0.25, 0.3) is 0 Å². The number of halogens is 3. The van der Waals surface area contributed by atoms with Crippen LogP contribution in [0.2, 0.25) is 5.02 Å². The normalized spacial score (nSPS) is 17.0. The number of hydrogen-bond donors (Lipinski definition) is 1. The van der Waals surface area contributed by atoms with Gasteiger partial charge in [0.05, 0.1) is 5.92 Å². The Kier molecular flexibility index (Phi) is 4.72. The molecule has 4 nitrogen and oxygen atoms in total. The Balaban J connectivity index is 1.74. The Hall–Kier alpha value is -2.47. The van der Waals surface area contributed by atoms with Crippen LogP contribution in [0.5, 0.6) is 0 Å². The number of carbonyl (C=O) groups excluding carboxylic acids is 2. The lowest BCUT2D eigenvalue weighted by atomic mass is 10.1. The minimum Gasteiger partial charge on any atom is -0.325 e. The zero-order valence-corrected chi connectivity index (χ0v) is 14.1. The van der Waals surface area contributed by atoms with E-state index in [9.17, 15) is 18.4 Å². The fourth-order valence-electron chi connectivity index (χ4n) is 2.76. The van der Waals surface area contributed by atoms with Gasteiger partial charge in [0.2, 0.25) is 11.8 Å². The minimum atomic E-state index is -1.03. The molecule has 0 saturated carbocycles. The van der Waals surface area contributed by atoms with Crippen molar-refractivity contribution in [3.05, 3.63) is 58.6 Å². The summed E-state index contributed by atoms with van der Waals surface area (Å²) in [6.45, 7) is 1.89. The number of amides is 2. The molecule has 0 aliphatic carbocycles. The van der Waals surface area contributed by atoms with Crippen molar-refractivity contribution >= 4 is 34.8 Å². The molecule has 1 unspecified atom stereocenters. The van der Waals surface area contributed by atoms with Crippen LogP contribution in [-0.4, -0.2) is 18.4 Å². The number of anilines is 2. The van der Waals surface area contributed by atoms with Crippen molar-refractivity contribution < 1.29 is 18.4 Å². The molecule has 7 heteroatoms.